The first-order valence-electron chi connectivity index (χ1n) is 5.40. The largest absolute Gasteiger partial charge is 0.399 e. The SMILES string of the molecule is CCC(CC)(CO)Nc1cccc(N)c1. The summed E-state index contributed by atoms with van der Waals surface area (Å²) in [6.45, 7) is 4.27. The molecule has 0 bridgehead atoms. The molecule has 3 nitrogen and oxygen atoms in total. The zero-order valence-corrected chi connectivity index (χ0v) is 9.46. The minimum Gasteiger partial charge on any atom is -0.399 e. The molecule has 0 heterocycles. The van der Waals surface area contributed by atoms with Crippen LogP contribution in [-0.2, 0) is 0 Å². The van der Waals surface area contributed by atoms with Gasteiger partial charge in [-0.2, -0.15) is 0 Å². The highest BCUT2D eigenvalue weighted by molar-refractivity contribution is 5.55. The van der Waals surface area contributed by atoms with Crippen LogP contribution >= 0.6 is 0 Å². The topological polar surface area (TPSA) is 58.3 Å². The average Bonchev–Trinajstić information content (AvgIpc) is 2.26. The normalized spacial score (nSPS) is 11.4. The van der Waals surface area contributed by atoms with Gasteiger partial charge >= 0.3 is 0 Å². The second-order valence-corrected chi connectivity index (χ2v) is 3.90. The molecule has 0 atom stereocenters. The molecule has 84 valence electrons. The van der Waals surface area contributed by atoms with Crippen molar-refractivity contribution in [3.05, 3.63) is 24.3 Å². The van der Waals surface area contributed by atoms with E-state index in [9.17, 15) is 5.11 Å². The van der Waals surface area contributed by atoms with Crippen LogP contribution in [0.15, 0.2) is 24.3 Å². The number of anilines is 2. The van der Waals surface area contributed by atoms with Crippen molar-refractivity contribution >= 4 is 11.4 Å². The molecule has 15 heavy (non-hydrogen) atoms. The highest BCUT2D eigenvalue weighted by Crippen LogP contribution is 2.22. The van der Waals surface area contributed by atoms with Crippen molar-refractivity contribution in [1.29, 1.82) is 0 Å². The molecule has 0 saturated heterocycles. The molecule has 1 rings (SSSR count). The Morgan fingerprint density at radius 3 is 2.47 bits per heavy atom. The number of hydrogen-bond donors (Lipinski definition) is 3. The van der Waals surface area contributed by atoms with Crippen LogP contribution in [0, 0.1) is 0 Å². The van der Waals surface area contributed by atoms with Crippen LogP contribution < -0.4 is 11.1 Å². The summed E-state index contributed by atoms with van der Waals surface area (Å²) in [5, 5.41) is 12.8. The molecular weight excluding hydrogens is 188 g/mol. The van der Waals surface area contributed by atoms with Gasteiger partial charge in [-0.05, 0) is 31.0 Å². The number of nitrogens with two attached hydrogens (primary N) is 1. The summed E-state index contributed by atoms with van der Waals surface area (Å²) >= 11 is 0. The molecule has 1 aromatic carbocycles. The molecule has 0 aliphatic carbocycles. The summed E-state index contributed by atoms with van der Waals surface area (Å²) in [6.07, 6.45) is 1.77. The predicted molar refractivity (Wildman–Crippen MR) is 64.9 cm³/mol. The Kier molecular flexibility index (Phi) is 3.97. The van der Waals surface area contributed by atoms with Crippen LogP contribution in [0.1, 0.15) is 26.7 Å². The summed E-state index contributed by atoms with van der Waals surface area (Å²) < 4.78 is 0. The van der Waals surface area contributed by atoms with E-state index >= 15 is 0 Å². The van der Waals surface area contributed by atoms with Gasteiger partial charge in [0.05, 0.1) is 12.1 Å². The fourth-order valence-electron chi connectivity index (χ4n) is 1.61. The van der Waals surface area contributed by atoms with Crippen LogP contribution in [0.3, 0.4) is 0 Å². The summed E-state index contributed by atoms with van der Waals surface area (Å²) in [7, 11) is 0. The number of nitrogens with one attached hydrogen (secondary N) is 1. The zero-order valence-electron chi connectivity index (χ0n) is 9.46. The maximum atomic E-state index is 9.41. The van der Waals surface area contributed by atoms with E-state index in [2.05, 4.69) is 19.2 Å². The third-order valence-electron chi connectivity index (χ3n) is 2.95. The molecule has 0 radical (unpaired) electrons. The standard InChI is InChI=1S/C12H20N2O/c1-3-12(4-2,9-15)14-11-7-5-6-10(13)8-11/h5-8,14-15H,3-4,9,13H2,1-2H3. The Labute approximate surface area is 91.3 Å². The molecule has 0 aliphatic heterocycles. The molecule has 1 aromatic rings. The van der Waals surface area contributed by atoms with Crippen molar-refractivity contribution in [1.82, 2.24) is 0 Å². The van der Waals surface area contributed by atoms with E-state index in [1.165, 1.54) is 0 Å². The van der Waals surface area contributed by atoms with E-state index in [1.54, 1.807) is 0 Å². The number of hydrogen-bond acceptors (Lipinski definition) is 3. The van der Waals surface area contributed by atoms with Gasteiger partial charge in [-0.3, -0.25) is 0 Å². The monoisotopic (exact) mass is 208 g/mol. The van der Waals surface area contributed by atoms with Crippen molar-refractivity contribution < 1.29 is 5.11 Å². The molecular formula is C12H20N2O. The summed E-state index contributed by atoms with van der Waals surface area (Å²) in [6, 6.07) is 7.61. The van der Waals surface area contributed by atoms with Gasteiger partial charge in [-0.1, -0.05) is 19.9 Å². The highest BCUT2D eigenvalue weighted by atomic mass is 16.3. The minimum atomic E-state index is -0.228. The Morgan fingerprint density at radius 1 is 1.33 bits per heavy atom. The first kappa shape index (κ1) is 11.9. The molecule has 0 amide bonds. The minimum absolute atomic E-state index is 0.134. The van der Waals surface area contributed by atoms with Crippen molar-refractivity contribution in [2.75, 3.05) is 17.7 Å². The van der Waals surface area contributed by atoms with E-state index in [-0.39, 0.29) is 12.1 Å². The van der Waals surface area contributed by atoms with E-state index in [1.807, 2.05) is 24.3 Å². The van der Waals surface area contributed by atoms with Crippen molar-refractivity contribution in [2.45, 2.75) is 32.2 Å². The second-order valence-electron chi connectivity index (χ2n) is 3.90. The van der Waals surface area contributed by atoms with Gasteiger partial charge in [0.25, 0.3) is 0 Å². The van der Waals surface area contributed by atoms with Gasteiger partial charge in [-0.25, -0.2) is 0 Å². The average molecular weight is 208 g/mol. The van der Waals surface area contributed by atoms with Crippen LogP contribution in [0.5, 0.6) is 0 Å². The van der Waals surface area contributed by atoms with Gasteiger partial charge in [0, 0.05) is 11.4 Å². The number of aliphatic hydroxyl groups is 1. The molecule has 0 fully saturated rings. The lowest BCUT2D eigenvalue weighted by molar-refractivity contribution is 0.202. The predicted octanol–water partition coefficient (Wildman–Crippen LogP) is 2.23. The van der Waals surface area contributed by atoms with Gasteiger partial charge in [-0.15, -0.1) is 0 Å². The Bertz CT molecular complexity index is 300. The molecule has 0 saturated carbocycles. The van der Waals surface area contributed by atoms with Crippen LogP contribution in [0.4, 0.5) is 11.4 Å². The Morgan fingerprint density at radius 2 is 2.00 bits per heavy atom. The molecule has 0 aromatic heterocycles. The quantitative estimate of drug-likeness (QED) is 0.650. The van der Waals surface area contributed by atoms with E-state index in [0.29, 0.717) is 0 Å². The van der Waals surface area contributed by atoms with Gasteiger partial charge < -0.3 is 16.2 Å². The number of nitrogen functional groups attached to an aromatic ring is 1. The second kappa shape index (κ2) is 5.03. The van der Waals surface area contributed by atoms with Crippen LogP contribution in [0.25, 0.3) is 0 Å². The van der Waals surface area contributed by atoms with Crippen LogP contribution in [0.2, 0.25) is 0 Å². The Hall–Kier alpha value is -1.22. The molecule has 0 unspecified atom stereocenters. The maximum absolute atomic E-state index is 9.41. The smallest absolute Gasteiger partial charge is 0.0661 e. The molecule has 4 N–H and O–H groups in total. The van der Waals surface area contributed by atoms with Crippen molar-refractivity contribution in [3.63, 3.8) is 0 Å². The summed E-state index contributed by atoms with van der Waals surface area (Å²) in [4.78, 5) is 0. The van der Waals surface area contributed by atoms with E-state index < -0.39 is 0 Å². The fraction of sp³-hybridized carbons (Fsp3) is 0.500. The van der Waals surface area contributed by atoms with Crippen LogP contribution in [-0.4, -0.2) is 17.3 Å². The number of benzene rings is 1. The van der Waals surface area contributed by atoms with Gasteiger partial charge in [0.1, 0.15) is 0 Å². The number of aliphatic hydroxyl groups excluding tert-OH is 1. The number of rotatable bonds is 5. The van der Waals surface area contributed by atoms with Gasteiger partial charge in [0.15, 0.2) is 0 Å². The fourth-order valence-corrected chi connectivity index (χ4v) is 1.61. The maximum Gasteiger partial charge on any atom is 0.0661 e. The summed E-state index contributed by atoms with van der Waals surface area (Å²) in [5.74, 6) is 0. The lowest BCUT2D eigenvalue weighted by Gasteiger charge is -2.32. The highest BCUT2D eigenvalue weighted by Gasteiger charge is 2.24. The molecule has 0 aliphatic rings. The molecule has 0 spiro atoms. The van der Waals surface area contributed by atoms with Crippen molar-refractivity contribution in [3.8, 4) is 0 Å². The third-order valence-corrected chi connectivity index (χ3v) is 2.95. The third kappa shape index (κ3) is 2.86. The summed E-state index contributed by atoms with van der Waals surface area (Å²) in [5.41, 5.74) is 7.17. The zero-order chi connectivity index (χ0) is 11.3. The molecule has 3 heteroatoms. The first-order chi connectivity index (χ1) is 7.15. The van der Waals surface area contributed by atoms with E-state index in [0.717, 1.165) is 24.2 Å². The Balaban J connectivity index is 2.82. The van der Waals surface area contributed by atoms with Crippen molar-refractivity contribution in [2.24, 2.45) is 0 Å². The van der Waals surface area contributed by atoms with Gasteiger partial charge in [0.2, 0.25) is 0 Å². The lowest BCUT2D eigenvalue weighted by Crippen LogP contribution is -2.40. The first-order valence-corrected chi connectivity index (χ1v) is 5.40. The van der Waals surface area contributed by atoms with E-state index in [4.69, 9.17) is 5.73 Å². The lowest BCUT2D eigenvalue weighted by atomic mass is 9.93.